The Morgan fingerprint density at radius 1 is 0.289 bits per heavy atom. The van der Waals surface area contributed by atoms with E-state index >= 15 is 0 Å². The average Bonchev–Trinajstić information content (AvgIpc) is 3.03. The summed E-state index contributed by atoms with van der Waals surface area (Å²) in [4.78, 5) is 0. The minimum absolute atomic E-state index is 0.974. The van der Waals surface area contributed by atoms with Gasteiger partial charge >= 0.3 is 0 Å². The van der Waals surface area contributed by atoms with Gasteiger partial charge in [-0.15, -0.1) is 0 Å². The first kappa shape index (κ1) is 42.0. The van der Waals surface area contributed by atoms with Crippen LogP contribution in [-0.2, 0) is 12.8 Å². The number of hydrogen-bond acceptors (Lipinski definition) is 1. The fourth-order valence-corrected chi connectivity index (χ4v) is 7.19. The van der Waals surface area contributed by atoms with E-state index in [1.54, 1.807) is 0 Å². The molecule has 0 aliphatic heterocycles. The van der Waals surface area contributed by atoms with Crippen LogP contribution >= 0.6 is 0 Å². The number of anilines is 1. The van der Waals surface area contributed by atoms with Crippen LogP contribution in [0.1, 0.15) is 243 Å². The molecule has 0 saturated carbocycles. The van der Waals surface area contributed by atoms with Crippen LogP contribution in [-0.4, -0.2) is 0 Å². The Morgan fingerprint density at radius 3 is 0.711 bits per heavy atom. The number of nitrogens with two attached hydrogens (primary N) is 1. The Balaban J connectivity index is 1.89. The second-order valence-electron chi connectivity index (χ2n) is 14.9. The molecule has 0 aliphatic rings. The summed E-state index contributed by atoms with van der Waals surface area (Å²) in [5.74, 6) is 0. The third kappa shape index (κ3) is 30.1. The van der Waals surface area contributed by atoms with Crippen LogP contribution in [0.25, 0.3) is 0 Å². The van der Waals surface area contributed by atoms with Gasteiger partial charge in [0.15, 0.2) is 0 Å². The van der Waals surface area contributed by atoms with E-state index < -0.39 is 0 Å². The van der Waals surface area contributed by atoms with Crippen LogP contribution in [0.15, 0.2) is 18.2 Å². The van der Waals surface area contributed by atoms with E-state index in [1.807, 2.05) is 0 Å². The summed E-state index contributed by atoms with van der Waals surface area (Å²) < 4.78 is 0. The van der Waals surface area contributed by atoms with Gasteiger partial charge in [0, 0.05) is 5.69 Å². The first-order chi connectivity index (χ1) is 22.3. The Labute approximate surface area is 285 Å². The molecule has 0 heterocycles. The Morgan fingerprint density at radius 2 is 0.489 bits per heavy atom. The van der Waals surface area contributed by atoms with Gasteiger partial charge < -0.3 is 5.73 Å². The highest BCUT2D eigenvalue weighted by atomic mass is 14.5. The minimum Gasteiger partial charge on any atom is -0.399 e. The second kappa shape index (κ2) is 34.4. The van der Waals surface area contributed by atoms with Crippen molar-refractivity contribution in [2.24, 2.45) is 0 Å². The largest absolute Gasteiger partial charge is 0.399 e. The maximum Gasteiger partial charge on any atom is 0.0319 e. The fourth-order valence-electron chi connectivity index (χ4n) is 7.19. The average molecular weight is 626 g/mol. The molecule has 264 valence electrons. The topological polar surface area (TPSA) is 26.0 Å². The highest BCUT2D eigenvalue weighted by Crippen LogP contribution is 2.20. The summed E-state index contributed by atoms with van der Waals surface area (Å²) in [5.41, 5.74) is 10.2. The molecule has 0 saturated heterocycles. The molecule has 0 spiro atoms. The van der Waals surface area contributed by atoms with Crippen molar-refractivity contribution >= 4 is 5.69 Å². The SMILES string of the molecule is CCCCCCCCCCCCCCCCCCCc1cc(N)cc(CCCCCCCCCCCCCCCCCCC)c1. The van der Waals surface area contributed by atoms with Crippen molar-refractivity contribution in [2.75, 3.05) is 5.73 Å². The molecule has 1 heteroatoms. The first-order valence-electron chi connectivity index (χ1n) is 21.1. The summed E-state index contributed by atoms with van der Waals surface area (Å²) >= 11 is 0. The maximum absolute atomic E-state index is 6.29. The van der Waals surface area contributed by atoms with Gasteiger partial charge in [0.05, 0.1) is 0 Å². The van der Waals surface area contributed by atoms with Crippen molar-refractivity contribution in [1.82, 2.24) is 0 Å². The zero-order valence-electron chi connectivity index (χ0n) is 31.3. The summed E-state index contributed by atoms with van der Waals surface area (Å²) in [6.45, 7) is 4.61. The zero-order chi connectivity index (χ0) is 32.3. The molecule has 0 atom stereocenters. The number of rotatable bonds is 36. The molecule has 1 aromatic carbocycles. The van der Waals surface area contributed by atoms with E-state index in [2.05, 4.69) is 32.0 Å². The number of hydrogen-bond donors (Lipinski definition) is 1. The van der Waals surface area contributed by atoms with Gasteiger partial charge in [-0.25, -0.2) is 0 Å². The molecule has 0 fully saturated rings. The molecule has 0 amide bonds. The summed E-state index contributed by atoms with van der Waals surface area (Å²) in [6, 6.07) is 6.91. The van der Waals surface area contributed by atoms with Crippen molar-refractivity contribution < 1.29 is 0 Å². The van der Waals surface area contributed by atoms with Crippen LogP contribution < -0.4 is 5.73 Å². The lowest BCUT2D eigenvalue weighted by Gasteiger charge is -2.08. The molecule has 0 aliphatic carbocycles. The van der Waals surface area contributed by atoms with Crippen molar-refractivity contribution in [2.45, 2.75) is 245 Å². The predicted molar refractivity (Wildman–Crippen MR) is 207 cm³/mol. The van der Waals surface area contributed by atoms with E-state index in [1.165, 1.54) is 242 Å². The molecule has 0 bridgehead atoms. The van der Waals surface area contributed by atoms with Gasteiger partial charge in [-0.05, 0) is 48.9 Å². The normalized spacial score (nSPS) is 11.5. The molecule has 1 rings (SSSR count). The van der Waals surface area contributed by atoms with Crippen LogP contribution in [0.4, 0.5) is 5.69 Å². The second-order valence-corrected chi connectivity index (χ2v) is 14.9. The Hall–Kier alpha value is -0.980. The molecule has 1 aromatic rings. The maximum atomic E-state index is 6.29. The van der Waals surface area contributed by atoms with Gasteiger partial charge in [0.1, 0.15) is 0 Å². The van der Waals surface area contributed by atoms with Gasteiger partial charge in [0.2, 0.25) is 0 Å². The van der Waals surface area contributed by atoms with Crippen molar-refractivity contribution in [3.63, 3.8) is 0 Å². The third-order valence-corrected chi connectivity index (χ3v) is 10.2. The third-order valence-electron chi connectivity index (χ3n) is 10.2. The summed E-state index contributed by atoms with van der Waals surface area (Å²) in [7, 11) is 0. The number of aryl methyl sites for hydroxylation is 2. The molecule has 45 heavy (non-hydrogen) atoms. The van der Waals surface area contributed by atoms with E-state index in [4.69, 9.17) is 5.73 Å². The van der Waals surface area contributed by atoms with Gasteiger partial charge in [-0.1, -0.05) is 225 Å². The Bertz CT molecular complexity index is 653. The monoisotopic (exact) mass is 626 g/mol. The predicted octanol–water partition coefficient (Wildman–Crippen LogP) is 15.7. The van der Waals surface area contributed by atoms with Crippen LogP contribution in [0, 0.1) is 0 Å². The van der Waals surface area contributed by atoms with Crippen LogP contribution in [0.3, 0.4) is 0 Å². The van der Waals surface area contributed by atoms with E-state index in [0.29, 0.717) is 0 Å². The molecule has 2 N–H and O–H groups in total. The molecule has 1 nitrogen and oxygen atoms in total. The Kier molecular flexibility index (Phi) is 32.1. The lowest BCUT2D eigenvalue weighted by Crippen LogP contribution is -1.95. The molecule has 0 aromatic heterocycles. The smallest absolute Gasteiger partial charge is 0.0319 e. The van der Waals surface area contributed by atoms with E-state index in [-0.39, 0.29) is 0 Å². The highest BCUT2D eigenvalue weighted by Gasteiger charge is 2.02. The van der Waals surface area contributed by atoms with Crippen molar-refractivity contribution in [1.29, 1.82) is 0 Å². The van der Waals surface area contributed by atoms with Crippen molar-refractivity contribution in [3.05, 3.63) is 29.3 Å². The summed E-state index contributed by atoms with van der Waals surface area (Å²) in [5, 5.41) is 0. The summed E-state index contributed by atoms with van der Waals surface area (Å²) in [6.07, 6.45) is 51.3. The molecular weight excluding hydrogens is 542 g/mol. The van der Waals surface area contributed by atoms with Crippen molar-refractivity contribution in [3.8, 4) is 0 Å². The highest BCUT2D eigenvalue weighted by molar-refractivity contribution is 5.44. The van der Waals surface area contributed by atoms with Crippen LogP contribution in [0.5, 0.6) is 0 Å². The first-order valence-corrected chi connectivity index (χ1v) is 21.1. The standard InChI is InChI=1S/C44H83N/c1-3-5-7-9-11-13-15-17-19-21-23-25-27-29-31-33-35-37-42-39-43(41-44(45)40-42)38-36-34-32-30-28-26-24-22-20-18-16-14-12-10-8-6-4-2/h39-41H,3-38,45H2,1-2H3. The van der Waals surface area contributed by atoms with Crippen LogP contribution in [0.2, 0.25) is 0 Å². The number of nitrogen functional groups attached to an aromatic ring is 1. The lowest BCUT2D eigenvalue weighted by molar-refractivity contribution is 0.527. The fraction of sp³-hybridized carbons (Fsp3) is 0.864. The molecular formula is C44H83N. The molecule has 0 unspecified atom stereocenters. The minimum atomic E-state index is 0.974. The lowest BCUT2D eigenvalue weighted by atomic mass is 9.99. The van der Waals surface area contributed by atoms with E-state index in [0.717, 1.165) is 5.69 Å². The molecule has 0 radical (unpaired) electrons. The quantitative estimate of drug-likeness (QED) is 0.0582. The van der Waals surface area contributed by atoms with Gasteiger partial charge in [-0.2, -0.15) is 0 Å². The zero-order valence-corrected chi connectivity index (χ0v) is 31.3. The number of benzene rings is 1. The van der Waals surface area contributed by atoms with Gasteiger partial charge in [-0.3, -0.25) is 0 Å². The van der Waals surface area contributed by atoms with Gasteiger partial charge in [0.25, 0.3) is 0 Å². The number of unbranched alkanes of at least 4 members (excludes halogenated alkanes) is 32. The van der Waals surface area contributed by atoms with E-state index in [9.17, 15) is 0 Å².